The lowest BCUT2D eigenvalue weighted by Gasteiger charge is -2.41. The highest BCUT2D eigenvalue weighted by Crippen LogP contribution is 2.26. The number of amides is 1. The van der Waals surface area contributed by atoms with Gasteiger partial charge in [-0.25, -0.2) is 14.4 Å². The van der Waals surface area contributed by atoms with Gasteiger partial charge in [0.2, 0.25) is 5.91 Å². The molecule has 2 aromatic heterocycles. The van der Waals surface area contributed by atoms with Gasteiger partial charge in [0.15, 0.2) is 0 Å². The molecular formula is C24H30FN5O2. The van der Waals surface area contributed by atoms with Gasteiger partial charge < -0.3 is 19.5 Å². The number of benzene rings is 1. The second-order valence-electron chi connectivity index (χ2n) is 8.61. The molecule has 4 rings (SSSR count). The second kappa shape index (κ2) is 9.24. The monoisotopic (exact) mass is 439 g/mol. The second-order valence-corrected chi connectivity index (χ2v) is 8.61. The summed E-state index contributed by atoms with van der Waals surface area (Å²) >= 11 is 0. The van der Waals surface area contributed by atoms with Crippen molar-refractivity contribution in [3.05, 3.63) is 54.2 Å². The normalized spacial score (nSPS) is 18.8. The van der Waals surface area contributed by atoms with Gasteiger partial charge in [0, 0.05) is 39.5 Å². The smallest absolute Gasteiger partial charge is 0.224 e. The number of halogens is 1. The van der Waals surface area contributed by atoms with Crippen LogP contribution in [0.2, 0.25) is 0 Å². The molecule has 170 valence electrons. The van der Waals surface area contributed by atoms with Crippen LogP contribution in [0.25, 0.3) is 11.0 Å². The fraction of sp³-hybridized carbons (Fsp3) is 0.458. The lowest BCUT2D eigenvalue weighted by molar-refractivity contribution is -0.133. The highest BCUT2D eigenvalue weighted by molar-refractivity contribution is 5.78. The summed E-state index contributed by atoms with van der Waals surface area (Å²) in [4.78, 5) is 25.3. The number of piperidine rings is 1. The Morgan fingerprint density at radius 1 is 1.28 bits per heavy atom. The van der Waals surface area contributed by atoms with Crippen molar-refractivity contribution in [3.8, 4) is 0 Å². The number of nitrogens with zero attached hydrogens (tertiary/aromatic N) is 5. The molecule has 1 saturated heterocycles. The fourth-order valence-corrected chi connectivity index (χ4v) is 4.56. The van der Waals surface area contributed by atoms with Crippen LogP contribution in [0.5, 0.6) is 0 Å². The number of carbonyl (C=O) groups is 1. The molecule has 1 aromatic carbocycles. The first-order valence-corrected chi connectivity index (χ1v) is 11.2. The minimum absolute atomic E-state index is 0.0183. The Hall–Kier alpha value is -3.00. The molecule has 1 amide bonds. The molecule has 0 radical (unpaired) electrons. The van der Waals surface area contributed by atoms with Gasteiger partial charge in [0.1, 0.15) is 17.5 Å². The molecule has 1 N–H and O–H groups in total. The number of aryl methyl sites for hydroxylation is 2. The third kappa shape index (κ3) is 4.75. The molecule has 3 aromatic rings. The Labute approximate surface area is 187 Å². The molecule has 0 spiro atoms. The number of hydrogen-bond acceptors (Lipinski definition) is 5. The number of pyridine rings is 1. The molecular weight excluding hydrogens is 409 g/mol. The van der Waals surface area contributed by atoms with E-state index in [1.807, 2.05) is 29.2 Å². The SMILES string of the molecule is CCc1nc2ccccc2n1CCC(=O)N(C)C[C@]1(O)CCCN(c2ccc(F)cn2)C1. The zero-order chi connectivity index (χ0) is 22.7. The summed E-state index contributed by atoms with van der Waals surface area (Å²) in [5, 5.41) is 11.2. The van der Waals surface area contributed by atoms with Crippen molar-refractivity contribution in [1.82, 2.24) is 19.4 Å². The maximum atomic E-state index is 13.2. The Morgan fingerprint density at radius 3 is 2.84 bits per heavy atom. The number of para-hydroxylation sites is 2. The van der Waals surface area contributed by atoms with E-state index >= 15 is 0 Å². The minimum Gasteiger partial charge on any atom is -0.386 e. The first-order valence-electron chi connectivity index (χ1n) is 11.2. The van der Waals surface area contributed by atoms with E-state index in [0.717, 1.165) is 36.2 Å². The molecule has 1 aliphatic rings. The van der Waals surface area contributed by atoms with Gasteiger partial charge in [-0.1, -0.05) is 19.1 Å². The van der Waals surface area contributed by atoms with E-state index in [4.69, 9.17) is 0 Å². The molecule has 3 heterocycles. The van der Waals surface area contributed by atoms with Crippen molar-refractivity contribution < 1.29 is 14.3 Å². The molecule has 0 aliphatic carbocycles. The van der Waals surface area contributed by atoms with E-state index < -0.39 is 5.60 Å². The van der Waals surface area contributed by atoms with Crippen LogP contribution in [-0.2, 0) is 17.8 Å². The summed E-state index contributed by atoms with van der Waals surface area (Å²) in [6.45, 7) is 3.96. The molecule has 0 bridgehead atoms. The number of likely N-dealkylation sites (N-methyl/N-ethyl adjacent to an activating group) is 1. The summed E-state index contributed by atoms with van der Waals surface area (Å²) in [6, 6.07) is 11.0. The Kier molecular flexibility index (Phi) is 6.41. The van der Waals surface area contributed by atoms with E-state index in [0.29, 0.717) is 31.7 Å². The summed E-state index contributed by atoms with van der Waals surface area (Å²) in [7, 11) is 1.74. The number of aromatic nitrogens is 3. The predicted molar refractivity (Wildman–Crippen MR) is 122 cm³/mol. The maximum Gasteiger partial charge on any atom is 0.224 e. The number of hydrogen-bond donors (Lipinski definition) is 1. The average Bonchev–Trinajstić information content (AvgIpc) is 3.15. The number of β-amino-alcohol motifs (C(OH)–C–C–N with tert-alkyl or cyclic N) is 1. The van der Waals surface area contributed by atoms with Crippen molar-refractivity contribution in [2.75, 3.05) is 31.6 Å². The number of aliphatic hydroxyl groups is 1. The van der Waals surface area contributed by atoms with Crippen LogP contribution in [0.4, 0.5) is 10.2 Å². The summed E-state index contributed by atoms with van der Waals surface area (Å²) in [5.41, 5.74) is 0.943. The largest absolute Gasteiger partial charge is 0.386 e. The van der Waals surface area contributed by atoms with Gasteiger partial charge >= 0.3 is 0 Å². The van der Waals surface area contributed by atoms with E-state index in [1.54, 1.807) is 18.0 Å². The van der Waals surface area contributed by atoms with Gasteiger partial charge in [-0.15, -0.1) is 0 Å². The van der Waals surface area contributed by atoms with Crippen LogP contribution < -0.4 is 4.90 Å². The van der Waals surface area contributed by atoms with Crippen LogP contribution in [-0.4, -0.2) is 62.7 Å². The van der Waals surface area contributed by atoms with Crippen molar-refractivity contribution in [2.45, 2.75) is 44.8 Å². The van der Waals surface area contributed by atoms with Gasteiger partial charge in [-0.3, -0.25) is 4.79 Å². The zero-order valence-electron chi connectivity index (χ0n) is 18.7. The van der Waals surface area contributed by atoms with Crippen molar-refractivity contribution in [1.29, 1.82) is 0 Å². The maximum absolute atomic E-state index is 13.2. The van der Waals surface area contributed by atoms with E-state index in [9.17, 15) is 14.3 Å². The molecule has 1 fully saturated rings. The predicted octanol–water partition coefficient (Wildman–Crippen LogP) is 3.01. The number of fused-ring (bicyclic) bond motifs is 1. The molecule has 7 nitrogen and oxygen atoms in total. The van der Waals surface area contributed by atoms with Crippen LogP contribution in [0.1, 0.15) is 32.0 Å². The lowest BCUT2D eigenvalue weighted by Crippen LogP contribution is -2.55. The average molecular weight is 440 g/mol. The van der Waals surface area contributed by atoms with Crippen molar-refractivity contribution in [2.24, 2.45) is 0 Å². The van der Waals surface area contributed by atoms with Crippen LogP contribution >= 0.6 is 0 Å². The Bertz CT molecular complexity index is 1080. The molecule has 8 heteroatoms. The highest BCUT2D eigenvalue weighted by Gasteiger charge is 2.35. The summed E-state index contributed by atoms with van der Waals surface area (Å²) in [6.07, 6.45) is 3.70. The molecule has 1 aliphatic heterocycles. The Balaban J connectivity index is 1.38. The Morgan fingerprint density at radius 2 is 2.09 bits per heavy atom. The number of rotatable bonds is 7. The topological polar surface area (TPSA) is 74.5 Å². The molecule has 0 saturated carbocycles. The summed E-state index contributed by atoms with van der Waals surface area (Å²) < 4.78 is 15.3. The van der Waals surface area contributed by atoms with E-state index in [-0.39, 0.29) is 18.3 Å². The minimum atomic E-state index is -1.03. The third-order valence-electron chi connectivity index (χ3n) is 6.15. The number of anilines is 1. The number of carbonyl (C=O) groups excluding carboxylic acids is 1. The molecule has 0 unspecified atom stereocenters. The van der Waals surface area contributed by atoms with Gasteiger partial charge in [-0.2, -0.15) is 0 Å². The quantitative estimate of drug-likeness (QED) is 0.613. The van der Waals surface area contributed by atoms with Gasteiger partial charge in [0.25, 0.3) is 0 Å². The van der Waals surface area contributed by atoms with Crippen LogP contribution in [0, 0.1) is 5.82 Å². The molecule has 1 atom stereocenters. The standard InChI is InChI=1S/C24H30FN5O2/c1-3-21-27-19-7-4-5-8-20(19)30(21)14-11-23(31)28(2)16-24(32)12-6-13-29(17-24)22-10-9-18(25)15-26-22/h4-5,7-10,15,32H,3,6,11-14,16-17H2,1-2H3/t24-/m1/s1. The zero-order valence-corrected chi connectivity index (χ0v) is 18.7. The van der Waals surface area contributed by atoms with Crippen molar-refractivity contribution >= 4 is 22.8 Å². The van der Waals surface area contributed by atoms with E-state index in [1.165, 1.54) is 12.3 Å². The summed E-state index contributed by atoms with van der Waals surface area (Å²) in [5.74, 6) is 1.20. The molecule has 32 heavy (non-hydrogen) atoms. The van der Waals surface area contributed by atoms with Crippen LogP contribution in [0.15, 0.2) is 42.6 Å². The fourth-order valence-electron chi connectivity index (χ4n) is 4.56. The van der Waals surface area contributed by atoms with Crippen molar-refractivity contribution in [3.63, 3.8) is 0 Å². The third-order valence-corrected chi connectivity index (χ3v) is 6.15. The van der Waals surface area contributed by atoms with Gasteiger partial charge in [-0.05, 0) is 37.1 Å². The van der Waals surface area contributed by atoms with Crippen LogP contribution in [0.3, 0.4) is 0 Å². The van der Waals surface area contributed by atoms with E-state index in [2.05, 4.69) is 21.5 Å². The highest BCUT2D eigenvalue weighted by atomic mass is 19.1. The first kappa shape index (κ1) is 22.2. The number of imidazole rings is 1. The lowest BCUT2D eigenvalue weighted by atomic mass is 9.92. The van der Waals surface area contributed by atoms with Gasteiger partial charge in [0.05, 0.1) is 29.4 Å². The first-order chi connectivity index (χ1) is 15.4.